The summed E-state index contributed by atoms with van der Waals surface area (Å²) in [6, 6.07) is 21.4. The van der Waals surface area contributed by atoms with E-state index in [1.807, 2.05) is 12.1 Å². The highest BCUT2D eigenvalue weighted by molar-refractivity contribution is 5.94. The van der Waals surface area contributed by atoms with Gasteiger partial charge in [0.2, 0.25) is 0 Å². The molecule has 174 valence electrons. The van der Waals surface area contributed by atoms with E-state index in [2.05, 4.69) is 17.1 Å². The number of hydrogen-bond acceptors (Lipinski definition) is 7. The number of nitrogens with two attached hydrogens (primary N) is 1. The first-order chi connectivity index (χ1) is 17.5. The third kappa shape index (κ3) is 3.44. The molecule has 5 aromatic rings. The van der Waals surface area contributed by atoms with Gasteiger partial charge >= 0.3 is 5.97 Å². The normalized spacial score (nSPS) is 10.7. The second kappa shape index (κ2) is 8.75. The SMILES string of the molecule is COc1cc(-c2c(C#N)c(N)n3c(nc4ccccc43)c2C#N)ccc1OC(=O)c1ccccc1F. The van der Waals surface area contributed by atoms with E-state index in [9.17, 15) is 19.7 Å². The molecular formula is C27H16FN5O3. The highest BCUT2D eigenvalue weighted by Crippen LogP contribution is 2.39. The van der Waals surface area contributed by atoms with Gasteiger partial charge in [0.25, 0.3) is 0 Å². The van der Waals surface area contributed by atoms with Crippen LogP contribution < -0.4 is 15.2 Å². The molecule has 0 atom stereocenters. The van der Waals surface area contributed by atoms with E-state index in [1.54, 1.807) is 22.6 Å². The van der Waals surface area contributed by atoms with Crippen molar-refractivity contribution in [2.45, 2.75) is 0 Å². The molecule has 0 aliphatic carbocycles. The number of imidazole rings is 1. The van der Waals surface area contributed by atoms with Crippen molar-refractivity contribution in [2.24, 2.45) is 0 Å². The van der Waals surface area contributed by atoms with Gasteiger partial charge in [0.15, 0.2) is 17.1 Å². The number of methoxy groups -OCH3 is 1. The lowest BCUT2D eigenvalue weighted by Gasteiger charge is -2.15. The Morgan fingerprint density at radius 2 is 1.72 bits per heavy atom. The molecule has 9 heteroatoms. The summed E-state index contributed by atoms with van der Waals surface area (Å²) in [7, 11) is 1.37. The number of nitriles is 2. The van der Waals surface area contributed by atoms with Crippen LogP contribution in [0.3, 0.4) is 0 Å². The molecule has 3 aromatic carbocycles. The zero-order valence-corrected chi connectivity index (χ0v) is 18.8. The average Bonchev–Trinajstić information content (AvgIpc) is 3.29. The van der Waals surface area contributed by atoms with Crippen molar-refractivity contribution in [1.82, 2.24) is 9.38 Å². The van der Waals surface area contributed by atoms with Crippen molar-refractivity contribution in [3.63, 3.8) is 0 Å². The van der Waals surface area contributed by atoms with Crippen molar-refractivity contribution in [3.8, 4) is 34.8 Å². The van der Waals surface area contributed by atoms with Crippen molar-refractivity contribution >= 4 is 28.5 Å². The second-order valence-corrected chi connectivity index (χ2v) is 7.73. The predicted molar refractivity (Wildman–Crippen MR) is 130 cm³/mol. The van der Waals surface area contributed by atoms with Gasteiger partial charge in [-0.3, -0.25) is 4.40 Å². The number of nitrogens with zero attached hydrogens (tertiary/aromatic N) is 4. The molecule has 0 amide bonds. The maximum absolute atomic E-state index is 14.0. The Balaban J connectivity index is 1.68. The van der Waals surface area contributed by atoms with Crippen molar-refractivity contribution in [3.05, 3.63) is 89.2 Å². The first-order valence-electron chi connectivity index (χ1n) is 10.7. The minimum absolute atomic E-state index is 0.0344. The van der Waals surface area contributed by atoms with E-state index in [0.29, 0.717) is 22.2 Å². The molecule has 0 saturated carbocycles. The highest BCUT2D eigenvalue weighted by atomic mass is 19.1. The first-order valence-corrected chi connectivity index (χ1v) is 10.7. The fraction of sp³-hybridized carbons (Fsp3) is 0.0370. The van der Waals surface area contributed by atoms with Crippen molar-refractivity contribution < 1.29 is 18.7 Å². The van der Waals surface area contributed by atoms with Gasteiger partial charge in [0, 0.05) is 5.56 Å². The zero-order chi connectivity index (χ0) is 25.4. The van der Waals surface area contributed by atoms with Crippen molar-refractivity contribution in [2.75, 3.05) is 12.8 Å². The van der Waals surface area contributed by atoms with Gasteiger partial charge < -0.3 is 15.2 Å². The van der Waals surface area contributed by atoms with Gasteiger partial charge in [-0.25, -0.2) is 14.2 Å². The van der Waals surface area contributed by atoms with E-state index in [0.717, 1.165) is 6.07 Å². The summed E-state index contributed by atoms with van der Waals surface area (Å²) in [5.74, 6) is -1.32. The lowest BCUT2D eigenvalue weighted by atomic mass is 9.96. The van der Waals surface area contributed by atoms with Gasteiger partial charge in [0.1, 0.15) is 34.9 Å². The molecule has 0 bridgehead atoms. The summed E-state index contributed by atoms with van der Waals surface area (Å²) >= 11 is 0. The molecule has 2 heterocycles. The predicted octanol–water partition coefficient (Wildman–Crippen LogP) is 4.85. The van der Waals surface area contributed by atoms with Crippen LogP contribution in [0.4, 0.5) is 10.2 Å². The third-order valence-corrected chi connectivity index (χ3v) is 5.75. The number of pyridine rings is 1. The number of anilines is 1. The Kier molecular flexibility index (Phi) is 5.44. The smallest absolute Gasteiger partial charge is 0.346 e. The molecule has 0 aliphatic rings. The topological polar surface area (TPSA) is 126 Å². The average molecular weight is 477 g/mol. The zero-order valence-electron chi connectivity index (χ0n) is 18.8. The largest absolute Gasteiger partial charge is 0.493 e. The van der Waals surface area contributed by atoms with Crippen LogP contribution in [-0.2, 0) is 0 Å². The molecular weight excluding hydrogens is 461 g/mol. The Labute approximate surface area is 204 Å². The Hall–Kier alpha value is -5.41. The lowest BCUT2D eigenvalue weighted by Crippen LogP contribution is -2.11. The van der Waals surface area contributed by atoms with Crippen LogP contribution in [0.2, 0.25) is 0 Å². The summed E-state index contributed by atoms with van der Waals surface area (Å²) in [6.07, 6.45) is 0. The Morgan fingerprint density at radius 1 is 1.00 bits per heavy atom. The molecule has 0 saturated heterocycles. The lowest BCUT2D eigenvalue weighted by molar-refractivity contribution is 0.0725. The van der Waals surface area contributed by atoms with Crippen LogP contribution in [0.1, 0.15) is 21.5 Å². The molecule has 5 rings (SSSR count). The Bertz CT molecular complexity index is 1780. The maximum atomic E-state index is 14.0. The quantitative estimate of drug-likeness (QED) is 0.290. The molecule has 8 nitrogen and oxygen atoms in total. The van der Waals surface area contributed by atoms with Gasteiger partial charge in [0.05, 0.1) is 23.7 Å². The minimum Gasteiger partial charge on any atom is -0.493 e. The summed E-state index contributed by atoms with van der Waals surface area (Å²) < 4.78 is 26.4. The van der Waals surface area contributed by atoms with E-state index in [-0.39, 0.29) is 39.6 Å². The second-order valence-electron chi connectivity index (χ2n) is 7.73. The number of para-hydroxylation sites is 2. The number of aromatic nitrogens is 2. The van der Waals surface area contributed by atoms with Gasteiger partial charge in [-0.05, 0) is 42.0 Å². The van der Waals surface area contributed by atoms with Crippen LogP contribution in [0, 0.1) is 28.5 Å². The van der Waals surface area contributed by atoms with E-state index in [4.69, 9.17) is 15.2 Å². The van der Waals surface area contributed by atoms with Gasteiger partial charge in [-0.15, -0.1) is 0 Å². The number of benzene rings is 3. The number of carbonyl (C=O) groups excluding carboxylic acids is 1. The van der Waals surface area contributed by atoms with Crippen molar-refractivity contribution in [1.29, 1.82) is 10.5 Å². The molecule has 0 spiro atoms. The fourth-order valence-electron chi connectivity index (χ4n) is 4.11. The summed E-state index contributed by atoms with van der Waals surface area (Å²) in [5, 5.41) is 20.1. The van der Waals surface area contributed by atoms with Crippen LogP contribution in [0.15, 0.2) is 66.7 Å². The number of rotatable bonds is 4. The molecule has 0 fully saturated rings. The highest BCUT2D eigenvalue weighted by Gasteiger charge is 2.24. The monoisotopic (exact) mass is 477 g/mol. The number of nitrogen functional groups attached to an aromatic ring is 1. The summed E-state index contributed by atoms with van der Waals surface area (Å²) in [4.78, 5) is 17.1. The number of ether oxygens (including phenoxy) is 2. The molecule has 0 unspecified atom stereocenters. The maximum Gasteiger partial charge on any atom is 0.346 e. The van der Waals surface area contributed by atoms with E-state index in [1.165, 1.54) is 37.4 Å². The first kappa shape index (κ1) is 22.4. The molecule has 36 heavy (non-hydrogen) atoms. The Morgan fingerprint density at radius 3 is 2.44 bits per heavy atom. The molecule has 2 aromatic heterocycles. The number of fused-ring (bicyclic) bond motifs is 3. The van der Waals surface area contributed by atoms with Crippen LogP contribution in [0.25, 0.3) is 27.8 Å². The third-order valence-electron chi connectivity index (χ3n) is 5.75. The minimum atomic E-state index is -0.899. The summed E-state index contributed by atoms with van der Waals surface area (Å²) in [6.45, 7) is 0. The summed E-state index contributed by atoms with van der Waals surface area (Å²) in [5.41, 5.74) is 8.69. The van der Waals surface area contributed by atoms with Gasteiger partial charge in [-0.1, -0.05) is 30.3 Å². The number of hydrogen-bond donors (Lipinski definition) is 1. The molecule has 0 radical (unpaired) electrons. The van der Waals surface area contributed by atoms with Crippen LogP contribution in [-0.4, -0.2) is 22.5 Å². The molecule has 0 aliphatic heterocycles. The van der Waals surface area contributed by atoms with Crippen LogP contribution in [0.5, 0.6) is 11.5 Å². The van der Waals surface area contributed by atoms with E-state index < -0.39 is 11.8 Å². The number of carbonyl (C=O) groups is 1. The number of halogens is 1. The molecule has 2 N–H and O–H groups in total. The fourth-order valence-corrected chi connectivity index (χ4v) is 4.11. The number of esters is 1. The van der Waals surface area contributed by atoms with E-state index >= 15 is 0 Å². The standard InChI is InChI=1S/C27H16FN5O3/c1-35-23-12-15(10-11-22(23)36-27(34)16-6-2-3-7-19(16)28)24-17(13-29)25(31)33-21-9-5-4-8-20(21)32-26(33)18(24)14-30/h2-12H,31H2,1H3. The van der Waals surface area contributed by atoms with Gasteiger partial charge in [-0.2, -0.15) is 10.5 Å². The van der Waals surface area contributed by atoms with Crippen LogP contribution >= 0.6 is 0 Å².